The molecule has 110 valence electrons. The van der Waals surface area contributed by atoms with E-state index in [9.17, 15) is 4.39 Å². The lowest BCUT2D eigenvalue weighted by molar-refractivity contribution is 0.372. The van der Waals surface area contributed by atoms with E-state index in [1.54, 1.807) is 6.07 Å². The molecular weight excluding hydrogens is 408 g/mol. The number of imidazole rings is 1. The lowest BCUT2D eigenvalue weighted by Gasteiger charge is -2.08. The summed E-state index contributed by atoms with van der Waals surface area (Å²) in [5.74, 6) is 1.10. The van der Waals surface area contributed by atoms with Gasteiger partial charge in [0.15, 0.2) is 5.76 Å². The number of aryl methyl sites for hydroxylation is 1. The van der Waals surface area contributed by atoms with Crippen LogP contribution in [0.3, 0.4) is 0 Å². The Morgan fingerprint density at radius 3 is 2.81 bits per heavy atom. The third kappa shape index (κ3) is 2.78. The number of hydrogen-bond acceptors (Lipinski definition) is 3. The summed E-state index contributed by atoms with van der Waals surface area (Å²) in [6.07, 6.45) is 0. The van der Waals surface area contributed by atoms with Crippen LogP contribution < -0.4 is 0 Å². The number of nitrogens with zero attached hydrogens (tertiary/aromatic N) is 3. The Labute approximate surface area is 139 Å². The lowest BCUT2D eigenvalue weighted by Crippen LogP contribution is -2.05. The minimum absolute atomic E-state index is 0.272. The molecular formula is C14H12ClFIN3O. The van der Waals surface area contributed by atoms with Crippen LogP contribution in [0.5, 0.6) is 0 Å². The number of aromatic nitrogens is 3. The number of fused-ring (bicyclic) bond motifs is 1. The van der Waals surface area contributed by atoms with Gasteiger partial charge in [0.25, 0.3) is 0 Å². The van der Waals surface area contributed by atoms with Gasteiger partial charge < -0.3 is 9.09 Å². The van der Waals surface area contributed by atoms with E-state index in [4.69, 9.17) is 16.1 Å². The third-order valence-electron chi connectivity index (χ3n) is 3.17. The van der Waals surface area contributed by atoms with Crippen molar-refractivity contribution in [3.05, 3.63) is 44.9 Å². The van der Waals surface area contributed by atoms with Crippen LogP contribution in [0.25, 0.3) is 11.0 Å². The average molecular weight is 420 g/mol. The zero-order chi connectivity index (χ0) is 15.1. The molecule has 0 saturated carbocycles. The van der Waals surface area contributed by atoms with Crippen LogP contribution in [-0.2, 0) is 6.54 Å². The maximum Gasteiger partial charge on any atom is 0.156 e. The summed E-state index contributed by atoms with van der Waals surface area (Å²) in [4.78, 5) is 4.51. The predicted octanol–water partition coefficient (Wildman–Crippen LogP) is 4.42. The highest BCUT2D eigenvalue weighted by Gasteiger charge is 2.18. The van der Waals surface area contributed by atoms with Gasteiger partial charge in [-0.25, -0.2) is 9.37 Å². The second kappa shape index (κ2) is 5.57. The Bertz CT molecular complexity index is 812. The van der Waals surface area contributed by atoms with Crippen molar-refractivity contribution in [2.75, 3.05) is 0 Å². The summed E-state index contributed by atoms with van der Waals surface area (Å²) in [6.45, 7) is 4.11. The maximum atomic E-state index is 13.9. The van der Waals surface area contributed by atoms with E-state index in [-0.39, 0.29) is 11.2 Å². The molecule has 0 saturated heterocycles. The summed E-state index contributed by atoms with van der Waals surface area (Å²) in [6, 6.07) is 5.05. The molecule has 0 aliphatic rings. The molecule has 1 aromatic carbocycles. The van der Waals surface area contributed by atoms with E-state index >= 15 is 0 Å². The zero-order valence-corrected chi connectivity index (χ0v) is 14.3. The molecule has 2 heterocycles. The van der Waals surface area contributed by atoms with Crippen molar-refractivity contribution >= 4 is 45.2 Å². The molecule has 0 amide bonds. The van der Waals surface area contributed by atoms with Crippen molar-refractivity contribution in [2.24, 2.45) is 0 Å². The van der Waals surface area contributed by atoms with Crippen molar-refractivity contribution in [3.63, 3.8) is 0 Å². The summed E-state index contributed by atoms with van der Waals surface area (Å²) < 4.78 is 21.5. The summed E-state index contributed by atoms with van der Waals surface area (Å²) in [5, 5.41) is 3.58. The summed E-state index contributed by atoms with van der Waals surface area (Å²) in [7, 11) is 0. The smallest absolute Gasteiger partial charge is 0.156 e. The molecule has 21 heavy (non-hydrogen) atoms. The zero-order valence-electron chi connectivity index (χ0n) is 11.4. The molecule has 0 spiro atoms. The van der Waals surface area contributed by atoms with Crippen molar-refractivity contribution in [2.45, 2.75) is 25.8 Å². The van der Waals surface area contributed by atoms with Gasteiger partial charge >= 0.3 is 0 Å². The highest BCUT2D eigenvalue weighted by Crippen LogP contribution is 2.28. The van der Waals surface area contributed by atoms with Crippen LogP contribution in [0, 0.1) is 16.3 Å². The Kier molecular flexibility index (Phi) is 3.92. The number of halogens is 3. The van der Waals surface area contributed by atoms with Gasteiger partial charge in [0, 0.05) is 12.1 Å². The standard InChI is InChI=1S/C14H12ClFIN3O/c1-7-3-9(21-19-7)6-20-13-4-10(16)11(17)5-12(13)18-14(20)8(2)15/h3-5,8H,6H2,1-2H3. The minimum atomic E-state index is -0.290. The maximum absolute atomic E-state index is 13.9. The van der Waals surface area contributed by atoms with E-state index in [0.717, 1.165) is 11.2 Å². The van der Waals surface area contributed by atoms with Gasteiger partial charge in [-0.15, -0.1) is 11.6 Å². The second-order valence-electron chi connectivity index (χ2n) is 4.86. The first-order chi connectivity index (χ1) is 9.95. The molecule has 4 nitrogen and oxygen atoms in total. The van der Waals surface area contributed by atoms with Gasteiger partial charge in [-0.2, -0.15) is 0 Å². The molecule has 0 radical (unpaired) electrons. The molecule has 7 heteroatoms. The normalized spacial score (nSPS) is 13.0. The van der Waals surface area contributed by atoms with Crippen molar-refractivity contribution < 1.29 is 8.91 Å². The van der Waals surface area contributed by atoms with E-state index in [2.05, 4.69) is 10.1 Å². The number of rotatable bonds is 3. The molecule has 2 aromatic heterocycles. The first kappa shape index (κ1) is 14.8. The fourth-order valence-corrected chi connectivity index (χ4v) is 2.87. The van der Waals surface area contributed by atoms with Crippen LogP contribution in [-0.4, -0.2) is 14.7 Å². The monoisotopic (exact) mass is 419 g/mol. The first-order valence-electron chi connectivity index (χ1n) is 6.37. The molecule has 0 N–H and O–H groups in total. The highest BCUT2D eigenvalue weighted by molar-refractivity contribution is 14.1. The first-order valence-corrected chi connectivity index (χ1v) is 7.88. The fraction of sp³-hybridized carbons (Fsp3) is 0.286. The largest absolute Gasteiger partial charge is 0.359 e. The van der Waals surface area contributed by atoms with Gasteiger partial charge in [-0.3, -0.25) is 0 Å². The fourth-order valence-electron chi connectivity index (χ4n) is 2.26. The van der Waals surface area contributed by atoms with Gasteiger partial charge in [0.1, 0.15) is 11.6 Å². The quantitative estimate of drug-likeness (QED) is 0.466. The van der Waals surface area contributed by atoms with Crippen LogP contribution >= 0.6 is 34.2 Å². The second-order valence-corrected chi connectivity index (χ2v) is 6.68. The Balaban J connectivity index is 2.17. The van der Waals surface area contributed by atoms with Crippen LogP contribution in [0.4, 0.5) is 4.39 Å². The minimum Gasteiger partial charge on any atom is -0.359 e. The molecule has 0 bridgehead atoms. The molecule has 1 unspecified atom stereocenters. The Hall–Kier alpha value is -1.15. The van der Waals surface area contributed by atoms with Gasteiger partial charge in [-0.1, -0.05) is 5.16 Å². The van der Waals surface area contributed by atoms with Crippen LogP contribution in [0.1, 0.15) is 29.6 Å². The molecule has 3 rings (SSSR count). The summed E-state index contributed by atoms with van der Waals surface area (Å²) >= 11 is 8.16. The average Bonchev–Trinajstić information content (AvgIpc) is 2.96. The summed E-state index contributed by atoms with van der Waals surface area (Å²) in [5.41, 5.74) is 2.22. The number of alkyl halides is 1. The molecule has 0 fully saturated rings. The number of hydrogen-bond donors (Lipinski definition) is 0. The van der Waals surface area contributed by atoms with Crippen LogP contribution in [0.15, 0.2) is 22.7 Å². The molecule has 0 aliphatic heterocycles. The van der Waals surface area contributed by atoms with E-state index in [1.807, 2.05) is 47.1 Å². The topological polar surface area (TPSA) is 43.9 Å². The lowest BCUT2D eigenvalue weighted by atomic mass is 10.3. The van der Waals surface area contributed by atoms with Crippen LogP contribution in [0.2, 0.25) is 0 Å². The third-order valence-corrected chi connectivity index (χ3v) is 4.19. The van der Waals surface area contributed by atoms with Gasteiger partial charge in [0.05, 0.1) is 32.2 Å². The Morgan fingerprint density at radius 1 is 1.43 bits per heavy atom. The van der Waals surface area contributed by atoms with E-state index in [0.29, 0.717) is 27.2 Å². The van der Waals surface area contributed by atoms with Gasteiger partial charge in [0.2, 0.25) is 0 Å². The van der Waals surface area contributed by atoms with Crippen molar-refractivity contribution in [1.29, 1.82) is 0 Å². The molecule has 1 atom stereocenters. The highest BCUT2D eigenvalue weighted by atomic mass is 127. The predicted molar refractivity (Wildman–Crippen MR) is 87.0 cm³/mol. The molecule has 3 aromatic rings. The number of benzene rings is 1. The van der Waals surface area contributed by atoms with Gasteiger partial charge in [-0.05, 0) is 42.5 Å². The molecule has 0 aliphatic carbocycles. The van der Waals surface area contributed by atoms with Crippen molar-refractivity contribution in [1.82, 2.24) is 14.7 Å². The SMILES string of the molecule is Cc1cc(Cn2c(C(C)Cl)nc3cc(I)c(F)cc32)on1. The van der Waals surface area contributed by atoms with Crippen molar-refractivity contribution in [3.8, 4) is 0 Å². The van der Waals surface area contributed by atoms with E-state index < -0.39 is 0 Å². The van der Waals surface area contributed by atoms with E-state index in [1.165, 1.54) is 6.07 Å². The Morgan fingerprint density at radius 2 is 2.19 bits per heavy atom.